The number of amides is 2. The molecule has 0 atom stereocenters. The molecule has 0 unspecified atom stereocenters. The summed E-state index contributed by atoms with van der Waals surface area (Å²) < 4.78 is 25.0. The molecule has 2 aromatic carbocycles. The number of fused-ring (bicyclic) bond motifs is 3. The van der Waals surface area contributed by atoms with Crippen LogP contribution in [0, 0.1) is 5.82 Å². The first-order valence-electron chi connectivity index (χ1n) is 9.58. The maximum atomic E-state index is 13.6. The maximum absolute atomic E-state index is 13.6. The first kappa shape index (κ1) is 19.0. The summed E-state index contributed by atoms with van der Waals surface area (Å²) in [4.78, 5) is 23.8. The number of hydrogen-bond acceptors (Lipinski definition) is 4. The van der Waals surface area contributed by atoms with Crippen molar-refractivity contribution in [3.63, 3.8) is 0 Å². The van der Waals surface area contributed by atoms with Gasteiger partial charge in [0.1, 0.15) is 22.9 Å². The van der Waals surface area contributed by atoms with Crippen LogP contribution < -0.4 is 15.6 Å². The Labute approximate surface area is 167 Å². The molecule has 2 N–H and O–H groups in total. The predicted molar refractivity (Wildman–Crippen MR) is 105 cm³/mol. The molecule has 7 heteroatoms. The monoisotopic (exact) mass is 396 g/mol. The summed E-state index contributed by atoms with van der Waals surface area (Å²) >= 11 is 0. The molecule has 0 spiro atoms. The van der Waals surface area contributed by atoms with Gasteiger partial charge in [0, 0.05) is 17.4 Å². The highest BCUT2D eigenvalue weighted by Crippen LogP contribution is 2.33. The van der Waals surface area contributed by atoms with E-state index in [1.54, 1.807) is 18.2 Å². The van der Waals surface area contributed by atoms with Gasteiger partial charge >= 0.3 is 0 Å². The molecular weight excluding hydrogens is 375 g/mol. The average molecular weight is 396 g/mol. The summed E-state index contributed by atoms with van der Waals surface area (Å²) in [6.07, 6.45) is 4.05. The fraction of sp³-hybridized carbons (Fsp3) is 0.273. The molecule has 0 aliphatic heterocycles. The van der Waals surface area contributed by atoms with E-state index in [4.69, 9.17) is 9.15 Å². The topological polar surface area (TPSA) is 80.6 Å². The van der Waals surface area contributed by atoms with Crippen molar-refractivity contribution < 1.29 is 23.1 Å². The van der Waals surface area contributed by atoms with Crippen LogP contribution in [0.3, 0.4) is 0 Å². The Bertz CT molecular complexity index is 1060. The van der Waals surface area contributed by atoms with E-state index in [0.717, 1.165) is 42.4 Å². The SMILES string of the molecule is O=C(COc1ccc2oc3c(c2c1)CCCC3)NNC(=O)Cc1ccccc1F. The van der Waals surface area contributed by atoms with Crippen molar-refractivity contribution in [2.24, 2.45) is 0 Å². The number of carbonyl (C=O) groups is 2. The highest BCUT2D eigenvalue weighted by Gasteiger charge is 2.18. The Morgan fingerprint density at radius 1 is 1.03 bits per heavy atom. The minimum Gasteiger partial charge on any atom is -0.484 e. The maximum Gasteiger partial charge on any atom is 0.276 e. The summed E-state index contributed by atoms with van der Waals surface area (Å²) in [5, 5.41) is 1.02. The highest BCUT2D eigenvalue weighted by molar-refractivity contribution is 5.85. The fourth-order valence-electron chi connectivity index (χ4n) is 3.51. The molecule has 0 fully saturated rings. The number of rotatable bonds is 5. The molecule has 150 valence electrons. The molecule has 0 saturated heterocycles. The average Bonchev–Trinajstić information content (AvgIpc) is 3.10. The van der Waals surface area contributed by atoms with Crippen LogP contribution in [0.15, 0.2) is 46.9 Å². The van der Waals surface area contributed by atoms with E-state index in [0.29, 0.717) is 5.75 Å². The van der Waals surface area contributed by atoms with Crippen LogP contribution in [0.1, 0.15) is 29.7 Å². The normalized spacial score (nSPS) is 13.0. The lowest BCUT2D eigenvalue weighted by atomic mass is 9.96. The van der Waals surface area contributed by atoms with Crippen molar-refractivity contribution in [1.29, 1.82) is 0 Å². The second-order valence-corrected chi connectivity index (χ2v) is 7.02. The van der Waals surface area contributed by atoms with Crippen molar-refractivity contribution in [3.8, 4) is 5.75 Å². The highest BCUT2D eigenvalue weighted by atomic mass is 19.1. The number of hydrazine groups is 1. The van der Waals surface area contributed by atoms with Crippen molar-refractivity contribution >= 4 is 22.8 Å². The molecule has 2 amide bonds. The lowest BCUT2D eigenvalue weighted by Crippen LogP contribution is -2.44. The van der Waals surface area contributed by atoms with E-state index < -0.39 is 17.6 Å². The number of aryl methyl sites for hydroxylation is 2. The van der Waals surface area contributed by atoms with Crippen molar-refractivity contribution in [3.05, 3.63) is 65.2 Å². The molecule has 4 rings (SSSR count). The summed E-state index contributed by atoms with van der Waals surface area (Å²) in [5.74, 6) is 0.100. The first-order valence-corrected chi connectivity index (χ1v) is 9.58. The Morgan fingerprint density at radius 2 is 1.83 bits per heavy atom. The summed E-state index contributed by atoms with van der Waals surface area (Å²) in [5.41, 5.74) is 6.84. The van der Waals surface area contributed by atoms with E-state index in [1.165, 1.54) is 17.7 Å². The predicted octanol–water partition coefficient (Wildman–Crippen LogP) is 3.22. The molecule has 1 aromatic heterocycles. The van der Waals surface area contributed by atoms with Gasteiger partial charge in [0.15, 0.2) is 6.61 Å². The number of hydrogen-bond donors (Lipinski definition) is 2. The van der Waals surface area contributed by atoms with Gasteiger partial charge < -0.3 is 9.15 Å². The third kappa shape index (κ3) is 4.39. The zero-order valence-electron chi connectivity index (χ0n) is 15.8. The van der Waals surface area contributed by atoms with Gasteiger partial charge in [-0.25, -0.2) is 4.39 Å². The third-order valence-electron chi connectivity index (χ3n) is 4.95. The molecule has 6 nitrogen and oxygen atoms in total. The van der Waals surface area contributed by atoms with Gasteiger partial charge in [-0.05, 0) is 49.1 Å². The van der Waals surface area contributed by atoms with Crippen LogP contribution >= 0.6 is 0 Å². The largest absolute Gasteiger partial charge is 0.484 e. The number of ether oxygens (including phenoxy) is 1. The van der Waals surface area contributed by atoms with Crippen LogP contribution in [0.2, 0.25) is 0 Å². The quantitative estimate of drug-likeness (QED) is 0.649. The lowest BCUT2D eigenvalue weighted by molar-refractivity contribution is -0.129. The third-order valence-corrected chi connectivity index (χ3v) is 4.95. The van der Waals surface area contributed by atoms with Gasteiger partial charge in [0.2, 0.25) is 5.91 Å². The van der Waals surface area contributed by atoms with E-state index in [9.17, 15) is 14.0 Å². The molecule has 1 heterocycles. The Morgan fingerprint density at radius 3 is 2.69 bits per heavy atom. The van der Waals surface area contributed by atoms with Gasteiger partial charge in [0.25, 0.3) is 5.91 Å². The van der Waals surface area contributed by atoms with Crippen LogP contribution in [-0.2, 0) is 28.9 Å². The van der Waals surface area contributed by atoms with Crippen molar-refractivity contribution in [2.75, 3.05) is 6.61 Å². The molecular formula is C22H21FN2O4. The summed E-state index contributed by atoms with van der Waals surface area (Å²) in [6, 6.07) is 11.5. The zero-order valence-corrected chi connectivity index (χ0v) is 15.8. The number of halogens is 1. The Kier molecular flexibility index (Phi) is 5.46. The first-order chi connectivity index (χ1) is 14.1. The Hall–Kier alpha value is -3.35. The van der Waals surface area contributed by atoms with Crippen molar-refractivity contribution in [2.45, 2.75) is 32.1 Å². The number of nitrogens with one attached hydrogen (secondary N) is 2. The summed E-state index contributed by atoms with van der Waals surface area (Å²) in [7, 11) is 0. The van der Waals surface area contributed by atoms with Crippen LogP contribution in [0.4, 0.5) is 4.39 Å². The fourth-order valence-corrected chi connectivity index (χ4v) is 3.51. The zero-order chi connectivity index (χ0) is 20.2. The number of carbonyl (C=O) groups excluding carboxylic acids is 2. The van der Waals surface area contributed by atoms with E-state index >= 15 is 0 Å². The molecule has 0 bridgehead atoms. The van der Waals surface area contributed by atoms with Crippen LogP contribution in [0.5, 0.6) is 5.75 Å². The van der Waals surface area contributed by atoms with Gasteiger partial charge in [-0.1, -0.05) is 18.2 Å². The Balaban J connectivity index is 1.29. The molecule has 0 saturated carbocycles. The minimum absolute atomic E-state index is 0.171. The van der Waals surface area contributed by atoms with E-state index in [2.05, 4.69) is 10.9 Å². The molecule has 1 aliphatic rings. The second-order valence-electron chi connectivity index (χ2n) is 7.02. The van der Waals surface area contributed by atoms with E-state index in [-0.39, 0.29) is 18.6 Å². The van der Waals surface area contributed by atoms with Crippen LogP contribution in [-0.4, -0.2) is 18.4 Å². The smallest absolute Gasteiger partial charge is 0.276 e. The van der Waals surface area contributed by atoms with Gasteiger partial charge in [-0.3, -0.25) is 20.4 Å². The second kappa shape index (κ2) is 8.34. The van der Waals surface area contributed by atoms with E-state index in [1.807, 2.05) is 12.1 Å². The van der Waals surface area contributed by atoms with Crippen molar-refractivity contribution in [1.82, 2.24) is 10.9 Å². The van der Waals surface area contributed by atoms with Gasteiger partial charge in [-0.2, -0.15) is 0 Å². The molecule has 29 heavy (non-hydrogen) atoms. The van der Waals surface area contributed by atoms with Gasteiger partial charge in [-0.15, -0.1) is 0 Å². The molecule has 0 radical (unpaired) electrons. The lowest BCUT2D eigenvalue weighted by Gasteiger charge is -2.10. The standard InChI is InChI=1S/C22H21FN2O4/c23-18-7-3-1-5-14(18)11-21(26)24-25-22(27)13-28-15-9-10-20-17(12-15)16-6-2-4-8-19(16)29-20/h1,3,5,7,9-10,12H,2,4,6,8,11,13H2,(H,24,26)(H,25,27). The minimum atomic E-state index is -0.519. The number of furan rings is 1. The summed E-state index contributed by atoms with van der Waals surface area (Å²) in [6.45, 7) is -0.258. The number of benzene rings is 2. The van der Waals surface area contributed by atoms with Crippen LogP contribution in [0.25, 0.3) is 11.0 Å². The molecule has 3 aromatic rings. The molecule has 1 aliphatic carbocycles. The van der Waals surface area contributed by atoms with Gasteiger partial charge in [0.05, 0.1) is 6.42 Å².